The number of imide groups is 1. The minimum absolute atomic E-state index is 0.00765. The lowest BCUT2D eigenvalue weighted by atomic mass is 9.82. The molecule has 3 saturated heterocycles. The Morgan fingerprint density at radius 1 is 0.985 bits per heavy atom. The molecule has 65 heavy (non-hydrogen) atoms. The highest BCUT2D eigenvalue weighted by molar-refractivity contribution is 6.33. The molecule has 5 aliphatic rings. The van der Waals surface area contributed by atoms with Crippen LogP contribution in [-0.2, 0) is 25.7 Å². The van der Waals surface area contributed by atoms with Crippen molar-refractivity contribution in [1.82, 2.24) is 35.0 Å². The van der Waals surface area contributed by atoms with E-state index in [4.69, 9.17) is 26.1 Å². The first-order valence-corrected chi connectivity index (χ1v) is 22.8. The predicted octanol–water partition coefficient (Wildman–Crippen LogP) is 5.33. The highest BCUT2D eigenvalue weighted by atomic mass is 35.5. The summed E-state index contributed by atoms with van der Waals surface area (Å²) in [5.74, 6) is -2.59. The van der Waals surface area contributed by atoms with Crippen LogP contribution in [0.5, 0.6) is 5.75 Å². The average Bonchev–Trinajstić information content (AvgIpc) is 3.63. The summed E-state index contributed by atoms with van der Waals surface area (Å²) in [4.78, 5) is 77.4. The second kappa shape index (κ2) is 18.3. The summed E-state index contributed by atoms with van der Waals surface area (Å²) in [6.45, 7) is 6.25. The number of benzene rings is 2. The zero-order valence-electron chi connectivity index (χ0n) is 36.5. The molecule has 2 aromatic heterocycles. The third-order valence-corrected chi connectivity index (χ3v) is 13.8. The van der Waals surface area contributed by atoms with Gasteiger partial charge >= 0.3 is 0 Å². The first-order valence-electron chi connectivity index (χ1n) is 22.4. The van der Waals surface area contributed by atoms with Crippen molar-refractivity contribution in [3.05, 3.63) is 80.2 Å². The van der Waals surface area contributed by atoms with E-state index in [9.17, 15) is 24.0 Å². The zero-order valence-corrected chi connectivity index (χ0v) is 37.3. The van der Waals surface area contributed by atoms with Gasteiger partial charge in [-0.2, -0.15) is 4.98 Å². The van der Waals surface area contributed by atoms with Gasteiger partial charge < -0.3 is 39.4 Å². The molecule has 4 aromatic rings. The van der Waals surface area contributed by atoms with Crippen molar-refractivity contribution in [3.63, 3.8) is 0 Å². The van der Waals surface area contributed by atoms with Crippen LogP contribution >= 0.6 is 11.6 Å². The summed E-state index contributed by atoms with van der Waals surface area (Å²) in [5, 5.41) is 9.11. The molecule has 0 bridgehead atoms. The van der Waals surface area contributed by atoms with Gasteiger partial charge in [0.2, 0.25) is 17.8 Å². The van der Waals surface area contributed by atoms with Gasteiger partial charge in [-0.1, -0.05) is 11.6 Å². The van der Waals surface area contributed by atoms with E-state index in [-0.39, 0.29) is 84.1 Å². The monoisotopic (exact) mass is 915 g/mol. The van der Waals surface area contributed by atoms with Crippen LogP contribution in [0.1, 0.15) is 98.7 Å². The van der Waals surface area contributed by atoms with Gasteiger partial charge in [0.25, 0.3) is 17.4 Å². The van der Waals surface area contributed by atoms with Crippen LogP contribution in [0, 0.1) is 11.6 Å². The average molecular weight is 916 g/mol. The summed E-state index contributed by atoms with van der Waals surface area (Å²) in [7, 11) is 1.50. The van der Waals surface area contributed by atoms with E-state index in [1.165, 1.54) is 18.0 Å². The van der Waals surface area contributed by atoms with Crippen molar-refractivity contribution in [2.75, 3.05) is 50.1 Å². The molecule has 0 radical (unpaired) electrons. The zero-order chi connectivity index (χ0) is 45.7. The lowest BCUT2D eigenvalue weighted by Gasteiger charge is -2.47. The van der Waals surface area contributed by atoms with Gasteiger partial charge in [0.1, 0.15) is 22.7 Å². The molecule has 4 amide bonds. The molecule has 6 heterocycles. The minimum Gasteiger partial charge on any atom is -0.478 e. The van der Waals surface area contributed by atoms with Crippen molar-refractivity contribution < 1.29 is 37.4 Å². The van der Waals surface area contributed by atoms with E-state index < -0.39 is 35.4 Å². The Bertz CT molecular complexity index is 2610. The Kier molecular flexibility index (Phi) is 12.5. The lowest BCUT2D eigenvalue weighted by Crippen LogP contribution is -2.52. The van der Waals surface area contributed by atoms with Crippen LogP contribution in [0.15, 0.2) is 41.3 Å². The molecule has 1 aliphatic carbocycles. The second-order valence-electron chi connectivity index (χ2n) is 17.9. The topological polar surface area (TPSA) is 180 Å². The quantitative estimate of drug-likeness (QED) is 0.156. The Morgan fingerprint density at radius 3 is 2.45 bits per heavy atom. The number of hydrogen-bond donors (Lipinski definition) is 3. The summed E-state index contributed by atoms with van der Waals surface area (Å²) >= 11 is 6.58. The first-order chi connectivity index (χ1) is 31.3. The van der Waals surface area contributed by atoms with Gasteiger partial charge in [0.15, 0.2) is 18.2 Å². The molecule has 4 fully saturated rings. The molecule has 3 N–H and O–H groups in total. The van der Waals surface area contributed by atoms with Gasteiger partial charge in [0.05, 0.1) is 36.0 Å². The van der Waals surface area contributed by atoms with E-state index in [0.29, 0.717) is 60.0 Å². The number of carbonyl (C=O) groups excluding carboxylic acids is 4. The number of pyridine rings is 1. The van der Waals surface area contributed by atoms with Crippen LogP contribution in [0.2, 0.25) is 5.02 Å². The molecule has 16 nitrogen and oxygen atoms in total. The number of fused-ring (bicyclic) bond motifs is 2. The molecule has 9 rings (SSSR count). The Hall–Kier alpha value is -5.72. The van der Waals surface area contributed by atoms with Crippen LogP contribution in [0.3, 0.4) is 0 Å². The molecular formula is C46H52ClF2N9O7. The minimum atomic E-state index is -0.941. The highest BCUT2D eigenvalue weighted by Gasteiger charge is 2.44. The van der Waals surface area contributed by atoms with Gasteiger partial charge in [-0.15, -0.1) is 0 Å². The van der Waals surface area contributed by atoms with Crippen molar-refractivity contribution in [3.8, 4) is 5.75 Å². The molecule has 4 aliphatic heterocycles. The van der Waals surface area contributed by atoms with E-state index >= 15 is 8.78 Å². The number of hydrogen-bond acceptors (Lipinski definition) is 12. The number of piperidine rings is 3. The Morgan fingerprint density at radius 2 is 1.74 bits per heavy atom. The number of amides is 4. The number of halogens is 3. The maximum Gasteiger partial charge on any atom is 0.293 e. The first kappa shape index (κ1) is 44.5. The van der Waals surface area contributed by atoms with Gasteiger partial charge in [-0.3, -0.25) is 29.3 Å². The SMILES string of the molecule is CNC(=O)COc1cc2cc(Nc3nc(N4CCC(OC5CC(N6CCC(c7cc(F)c8c(c7F)CN(C7CCC(=O)NC7=O)C8=O)CC6)C5)CC4)ncc3Cl)ccc2n(C(C)C)c1=O. The van der Waals surface area contributed by atoms with Gasteiger partial charge in [0, 0.05) is 55.3 Å². The van der Waals surface area contributed by atoms with Crippen LogP contribution in [0.4, 0.5) is 26.2 Å². The molecule has 344 valence electrons. The van der Waals surface area contributed by atoms with Crippen molar-refractivity contribution in [2.45, 2.75) is 108 Å². The number of likely N-dealkylation sites (N-methyl/N-ethyl adjacent to an activating group) is 1. The largest absolute Gasteiger partial charge is 0.478 e. The molecule has 1 saturated carbocycles. The van der Waals surface area contributed by atoms with Gasteiger partial charge in [-0.05, 0) is 114 Å². The highest BCUT2D eigenvalue weighted by Crippen LogP contribution is 2.40. The maximum absolute atomic E-state index is 16.0. The molecule has 1 unspecified atom stereocenters. The number of nitrogens with one attached hydrogen (secondary N) is 3. The summed E-state index contributed by atoms with van der Waals surface area (Å²) in [5.41, 5.74) is 1.04. The fourth-order valence-corrected chi connectivity index (χ4v) is 10.1. The predicted molar refractivity (Wildman–Crippen MR) is 238 cm³/mol. The van der Waals surface area contributed by atoms with Crippen LogP contribution in [0.25, 0.3) is 10.9 Å². The number of carbonyl (C=O) groups is 4. The number of nitrogens with zero attached hydrogens (tertiary/aromatic N) is 6. The van der Waals surface area contributed by atoms with Crippen molar-refractivity contribution >= 4 is 63.6 Å². The van der Waals surface area contributed by atoms with E-state index in [2.05, 4.69) is 30.7 Å². The third-order valence-electron chi connectivity index (χ3n) is 13.5. The molecule has 2 aromatic carbocycles. The summed E-state index contributed by atoms with van der Waals surface area (Å²) in [6, 6.07) is 7.65. The Labute approximate surface area is 379 Å². The second-order valence-corrected chi connectivity index (χ2v) is 18.3. The Balaban J connectivity index is 0.753. The summed E-state index contributed by atoms with van der Waals surface area (Å²) in [6.07, 6.45) is 6.79. The number of rotatable bonds is 12. The lowest BCUT2D eigenvalue weighted by molar-refractivity contribution is -0.137. The third kappa shape index (κ3) is 8.87. The smallest absolute Gasteiger partial charge is 0.293 e. The molecule has 19 heteroatoms. The number of likely N-dealkylation sites (tertiary alicyclic amines) is 1. The molecular weight excluding hydrogens is 864 g/mol. The fraction of sp³-hybridized carbons (Fsp3) is 0.500. The van der Waals surface area contributed by atoms with E-state index in [0.717, 1.165) is 44.2 Å². The number of anilines is 3. The van der Waals surface area contributed by atoms with E-state index in [1.54, 1.807) is 16.8 Å². The number of aromatic nitrogens is 3. The summed E-state index contributed by atoms with van der Waals surface area (Å²) < 4.78 is 45.3. The van der Waals surface area contributed by atoms with Crippen LogP contribution < -0.4 is 31.1 Å². The molecule has 0 spiro atoms. The van der Waals surface area contributed by atoms with Gasteiger partial charge in [-0.25, -0.2) is 13.8 Å². The van der Waals surface area contributed by atoms with E-state index in [1.807, 2.05) is 32.0 Å². The maximum atomic E-state index is 16.0. The number of ether oxygens (including phenoxy) is 2. The fourth-order valence-electron chi connectivity index (χ4n) is 9.95. The van der Waals surface area contributed by atoms with Crippen LogP contribution in [-0.4, -0.2) is 112 Å². The normalized spacial score (nSPS) is 22.0. The van der Waals surface area contributed by atoms with Crippen molar-refractivity contribution in [2.24, 2.45) is 0 Å². The van der Waals surface area contributed by atoms with Crippen molar-refractivity contribution in [1.29, 1.82) is 0 Å². The molecule has 1 atom stereocenters. The standard InChI is InChI=1S/C46H52ClF2N9O7/c1-24(2)58-35-5-4-27(16-26(35)17-37(44(58)62)64-23-39(60)50-3)52-42-33(47)21-51-46(54-42)56-14-10-29(11-15-56)65-30-18-28(19-30)55-12-8-25(9-13-55)31-20-34(48)40-32(41(31)49)22-57(45(40)63)36-6-7-38(59)53-43(36)61/h4-5,16-17,20-21,24-25,28-30,36H,6-15,18-19,22-23H2,1-3H3,(H,50,60)(H,51,52,54)(H,53,59,61).